The maximum absolute atomic E-state index is 12.4. The Hall–Kier alpha value is -2.09. The predicted octanol–water partition coefficient (Wildman–Crippen LogP) is 3.04. The fraction of sp³-hybridized carbons (Fsp3) is 0.250. The Labute approximate surface area is 122 Å². The Morgan fingerprint density at radius 3 is 2.67 bits per heavy atom. The molecule has 1 N–H and O–H groups in total. The molecule has 2 rings (SSSR count). The number of hydrogen-bond donors (Lipinski definition) is 1. The third-order valence-electron chi connectivity index (χ3n) is 2.51. The highest BCUT2D eigenvalue weighted by atomic mass is 35.5. The Balaban J connectivity index is 2.23. The number of alkyl halides is 3. The van der Waals surface area contributed by atoms with Gasteiger partial charge in [0, 0.05) is 24.1 Å². The monoisotopic (exact) mass is 319 g/mol. The van der Waals surface area contributed by atoms with E-state index in [-0.39, 0.29) is 28.9 Å². The number of carbonyl (C=O) groups is 1. The van der Waals surface area contributed by atoms with Crippen LogP contribution in [-0.4, -0.2) is 16.0 Å². The summed E-state index contributed by atoms with van der Waals surface area (Å²) in [4.78, 5) is 14.1. The van der Waals surface area contributed by atoms with Crippen molar-refractivity contribution < 1.29 is 22.5 Å². The van der Waals surface area contributed by atoms with Gasteiger partial charge in [-0.05, 0) is 11.6 Å². The van der Waals surface area contributed by atoms with E-state index in [2.05, 4.69) is 20.0 Å². The van der Waals surface area contributed by atoms with Crippen LogP contribution in [0.5, 0.6) is 0 Å². The predicted molar refractivity (Wildman–Crippen MR) is 67.3 cm³/mol. The third kappa shape index (κ3) is 3.72. The van der Waals surface area contributed by atoms with Crippen molar-refractivity contribution in [1.82, 2.24) is 15.5 Å². The van der Waals surface area contributed by atoms with E-state index in [1.807, 2.05) is 0 Å². The zero-order chi connectivity index (χ0) is 15.6. The van der Waals surface area contributed by atoms with Gasteiger partial charge in [-0.1, -0.05) is 28.9 Å². The van der Waals surface area contributed by atoms with E-state index in [9.17, 15) is 18.0 Å². The summed E-state index contributed by atoms with van der Waals surface area (Å²) in [6, 6.07) is 4.47. The number of nitrogens with zero attached hydrogens (tertiary/aromatic N) is 2. The Morgan fingerprint density at radius 2 is 2.14 bits per heavy atom. The first-order valence-electron chi connectivity index (χ1n) is 5.71. The average Bonchev–Trinajstić information content (AvgIpc) is 2.86. The quantitative estimate of drug-likeness (QED) is 0.944. The number of carbonyl (C=O) groups excluding carboxylic acids is 1. The lowest BCUT2D eigenvalue weighted by atomic mass is 10.1. The van der Waals surface area contributed by atoms with Crippen molar-refractivity contribution in [3.8, 4) is 11.4 Å². The van der Waals surface area contributed by atoms with Crippen LogP contribution in [0.2, 0.25) is 5.02 Å². The fourth-order valence-electron chi connectivity index (χ4n) is 1.51. The number of hydrogen-bond acceptors (Lipinski definition) is 4. The number of nitrogens with one attached hydrogen (secondary N) is 1. The average molecular weight is 320 g/mol. The molecule has 0 bridgehead atoms. The molecule has 0 spiro atoms. The Morgan fingerprint density at radius 1 is 1.43 bits per heavy atom. The smallest absolute Gasteiger partial charge is 0.352 e. The molecule has 21 heavy (non-hydrogen) atoms. The molecular formula is C12H9ClF3N3O2. The second kappa shape index (κ2) is 5.72. The first-order chi connectivity index (χ1) is 9.77. The van der Waals surface area contributed by atoms with Crippen LogP contribution in [0.1, 0.15) is 18.4 Å². The normalized spacial score (nSPS) is 11.5. The summed E-state index contributed by atoms with van der Waals surface area (Å²) in [7, 11) is 0. The molecule has 0 aliphatic rings. The van der Waals surface area contributed by atoms with E-state index in [4.69, 9.17) is 11.6 Å². The van der Waals surface area contributed by atoms with Gasteiger partial charge in [0.15, 0.2) is 0 Å². The first-order valence-corrected chi connectivity index (χ1v) is 6.09. The van der Waals surface area contributed by atoms with Gasteiger partial charge in [-0.2, -0.15) is 18.2 Å². The molecule has 5 nitrogen and oxygen atoms in total. The minimum atomic E-state index is -4.69. The van der Waals surface area contributed by atoms with Gasteiger partial charge in [0.05, 0.1) is 0 Å². The standard InChI is InChI=1S/C12H9ClF3N3O2/c1-6(20)17-5-8-3-2-7(4-9(8)13)10-18-11(21-19-10)12(14,15)16/h2-4H,5H2,1H3,(H,17,20). The van der Waals surface area contributed by atoms with Crippen molar-refractivity contribution in [2.45, 2.75) is 19.6 Å². The number of halogens is 4. The lowest BCUT2D eigenvalue weighted by Gasteiger charge is -2.06. The van der Waals surface area contributed by atoms with E-state index >= 15 is 0 Å². The molecule has 0 radical (unpaired) electrons. The molecule has 0 atom stereocenters. The van der Waals surface area contributed by atoms with Crippen LogP contribution in [0.15, 0.2) is 22.7 Å². The molecule has 2 aromatic rings. The summed E-state index contributed by atoms with van der Waals surface area (Å²) in [6.45, 7) is 1.58. The van der Waals surface area contributed by atoms with Gasteiger partial charge in [0.1, 0.15) is 0 Å². The number of amides is 1. The molecular weight excluding hydrogens is 311 g/mol. The second-order valence-electron chi connectivity index (χ2n) is 4.14. The first kappa shape index (κ1) is 15.3. The van der Waals surface area contributed by atoms with Crippen LogP contribution < -0.4 is 5.32 Å². The van der Waals surface area contributed by atoms with E-state index in [0.29, 0.717) is 5.56 Å². The van der Waals surface area contributed by atoms with Gasteiger partial charge >= 0.3 is 12.1 Å². The zero-order valence-corrected chi connectivity index (χ0v) is 11.4. The molecule has 0 unspecified atom stereocenters. The molecule has 0 saturated heterocycles. The van der Waals surface area contributed by atoms with E-state index in [0.717, 1.165) is 0 Å². The van der Waals surface area contributed by atoms with Crippen molar-refractivity contribution in [3.63, 3.8) is 0 Å². The van der Waals surface area contributed by atoms with Crippen LogP contribution in [0.25, 0.3) is 11.4 Å². The van der Waals surface area contributed by atoms with E-state index < -0.39 is 12.1 Å². The second-order valence-corrected chi connectivity index (χ2v) is 4.54. The summed E-state index contributed by atoms with van der Waals surface area (Å²) in [6.07, 6.45) is -4.69. The molecule has 9 heteroatoms. The highest BCUT2D eigenvalue weighted by molar-refractivity contribution is 6.31. The van der Waals surface area contributed by atoms with E-state index in [1.165, 1.54) is 19.1 Å². The molecule has 112 valence electrons. The maximum Gasteiger partial charge on any atom is 0.471 e. The van der Waals surface area contributed by atoms with Gasteiger partial charge in [0.25, 0.3) is 0 Å². The van der Waals surface area contributed by atoms with Crippen LogP contribution in [0.4, 0.5) is 13.2 Å². The van der Waals surface area contributed by atoms with Crippen molar-refractivity contribution in [3.05, 3.63) is 34.7 Å². The summed E-state index contributed by atoms with van der Waals surface area (Å²) < 4.78 is 41.3. The Bertz CT molecular complexity index is 670. The molecule has 1 heterocycles. The minimum absolute atomic E-state index is 0.213. The van der Waals surface area contributed by atoms with Crippen LogP contribution >= 0.6 is 11.6 Å². The van der Waals surface area contributed by atoms with Gasteiger partial charge in [0.2, 0.25) is 11.7 Å². The number of benzene rings is 1. The lowest BCUT2D eigenvalue weighted by Crippen LogP contribution is -2.19. The summed E-state index contributed by atoms with van der Waals surface area (Å²) in [5.41, 5.74) is 0.904. The van der Waals surface area contributed by atoms with Crippen LogP contribution in [0, 0.1) is 0 Å². The third-order valence-corrected chi connectivity index (χ3v) is 2.86. The number of aromatic nitrogens is 2. The van der Waals surface area contributed by atoms with Gasteiger partial charge in [-0.3, -0.25) is 4.79 Å². The highest BCUT2D eigenvalue weighted by Crippen LogP contribution is 2.30. The van der Waals surface area contributed by atoms with Gasteiger partial charge in [-0.25, -0.2) is 0 Å². The molecule has 0 aliphatic heterocycles. The lowest BCUT2D eigenvalue weighted by molar-refractivity contribution is -0.159. The van der Waals surface area contributed by atoms with Crippen molar-refractivity contribution in [2.75, 3.05) is 0 Å². The molecule has 1 amide bonds. The van der Waals surface area contributed by atoms with Crippen molar-refractivity contribution >= 4 is 17.5 Å². The van der Waals surface area contributed by atoms with Crippen LogP contribution in [-0.2, 0) is 17.5 Å². The summed E-state index contributed by atoms with van der Waals surface area (Å²) in [5, 5.41) is 6.10. The maximum atomic E-state index is 12.4. The summed E-state index contributed by atoms with van der Waals surface area (Å²) >= 11 is 6.00. The van der Waals surface area contributed by atoms with Gasteiger partial charge < -0.3 is 9.84 Å². The number of rotatable bonds is 3. The highest BCUT2D eigenvalue weighted by Gasteiger charge is 2.38. The van der Waals surface area contributed by atoms with Crippen molar-refractivity contribution in [2.24, 2.45) is 0 Å². The fourth-order valence-corrected chi connectivity index (χ4v) is 1.75. The minimum Gasteiger partial charge on any atom is -0.352 e. The molecule has 1 aromatic carbocycles. The van der Waals surface area contributed by atoms with Crippen molar-refractivity contribution in [1.29, 1.82) is 0 Å². The summed E-state index contributed by atoms with van der Waals surface area (Å²) in [5.74, 6) is -1.85. The SMILES string of the molecule is CC(=O)NCc1ccc(-c2noc(C(F)(F)F)n2)cc1Cl. The molecule has 0 fully saturated rings. The molecule has 1 aromatic heterocycles. The topological polar surface area (TPSA) is 68.0 Å². The van der Waals surface area contributed by atoms with E-state index in [1.54, 1.807) is 6.07 Å². The van der Waals surface area contributed by atoms with Gasteiger partial charge in [-0.15, -0.1) is 0 Å². The van der Waals surface area contributed by atoms with Crippen LogP contribution in [0.3, 0.4) is 0 Å². The largest absolute Gasteiger partial charge is 0.471 e. The molecule has 0 saturated carbocycles. The zero-order valence-electron chi connectivity index (χ0n) is 10.7. The Kier molecular flexibility index (Phi) is 4.17. The molecule has 0 aliphatic carbocycles.